The summed E-state index contributed by atoms with van der Waals surface area (Å²) < 4.78 is 5.78. The molecule has 1 aromatic carbocycles. The van der Waals surface area contributed by atoms with E-state index in [0.717, 1.165) is 16.7 Å². The molecule has 2 heteroatoms. The molecular weight excluding hydrogens is 200 g/mol. The average molecular weight is 216 g/mol. The Bertz CT molecular complexity index is 487. The van der Waals surface area contributed by atoms with Crippen LogP contribution in [-0.2, 0) is 10.2 Å². The van der Waals surface area contributed by atoms with Gasteiger partial charge in [0.2, 0.25) is 0 Å². The number of hydrogen-bond acceptors (Lipinski definition) is 2. The fourth-order valence-corrected chi connectivity index (χ4v) is 2.02. The molecule has 0 N–H and O–H groups in total. The molecule has 0 aliphatic carbocycles. The summed E-state index contributed by atoms with van der Waals surface area (Å²) in [7, 11) is 0. The van der Waals surface area contributed by atoms with Crippen molar-refractivity contribution in [1.82, 2.24) is 0 Å². The Labute approximate surface area is 95.3 Å². The minimum absolute atomic E-state index is 0.186. The van der Waals surface area contributed by atoms with Gasteiger partial charge in [-0.3, -0.25) is 4.79 Å². The molecule has 0 amide bonds. The fraction of sp³-hybridized carbons (Fsp3) is 0.357. The molecule has 0 atom stereocenters. The first-order valence-corrected chi connectivity index (χ1v) is 5.47. The van der Waals surface area contributed by atoms with Crippen LogP contribution in [0.25, 0.3) is 11.0 Å². The maximum atomic E-state index is 11.2. The van der Waals surface area contributed by atoms with Crippen molar-refractivity contribution < 1.29 is 9.21 Å². The summed E-state index contributed by atoms with van der Waals surface area (Å²) >= 11 is 0. The van der Waals surface area contributed by atoms with E-state index in [1.807, 2.05) is 44.2 Å². The van der Waals surface area contributed by atoms with Crippen molar-refractivity contribution in [1.29, 1.82) is 0 Å². The summed E-state index contributed by atoms with van der Waals surface area (Å²) in [4.78, 5) is 11.2. The number of para-hydroxylation sites is 1. The lowest BCUT2D eigenvalue weighted by Gasteiger charge is -2.19. The number of carbonyl (C=O) groups is 1. The van der Waals surface area contributed by atoms with Crippen LogP contribution in [0.3, 0.4) is 0 Å². The van der Waals surface area contributed by atoms with Crippen molar-refractivity contribution in [2.45, 2.75) is 32.6 Å². The van der Waals surface area contributed by atoms with Crippen LogP contribution in [0.1, 0.15) is 33.0 Å². The van der Waals surface area contributed by atoms with Gasteiger partial charge in [0.1, 0.15) is 17.1 Å². The highest BCUT2D eigenvalue weighted by Crippen LogP contribution is 2.32. The lowest BCUT2D eigenvalue weighted by Crippen LogP contribution is -2.19. The van der Waals surface area contributed by atoms with E-state index >= 15 is 0 Å². The first-order chi connectivity index (χ1) is 7.49. The molecule has 0 aliphatic heterocycles. The van der Waals surface area contributed by atoms with Crippen molar-refractivity contribution in [2.24, 2.45) is 0 Å². The number of hydrogen-bond donors (Lipinski definition) is 0. The zero-order valence-electron chi connectivity index (χ0n) is 9.91. The Morgan fingerprint density at radius 1 is 1.31 bits per heavy atom. The van der Waals surface area contributed by atoms with Gasteiger partial charge in [0, 0.05) is 17.2 Å². The predicted molar refractivity (Wildman–Crippen MR) is 64.5 cm³/mol. The van der Waals surface area contributed by atoms with Gasteiger partial charge in [0.15, 0.2) is 0 Å². The largest absolute Gasteiger partial charge is 0.460 e. The number of ketones is 1. The van der Waals surface area contributed by atoms with E-state index < -0.39 is 0 Å². The molecule has 0 fully saturated rings. The Kier molecular flexibility index (Phi) is 2.58. The standard InChI is InChI=1S/C14H16O2/c1-10(15)9-14(2,3)13-8-11-6-4-5-7-12(11)16-13/h4-8H,9H2,1-3H3. The van der Waals surface area contributed by atoms with Crippen molar-refractivity contribution in [3.05, 3.63) is 36.1 Å². The van der Waals surface area contributed by atoms with Gasteiger partial charge in [0.25, 0.3) is 0 Å². The summed E-state index contributed by atoms with van der Waals surface area (Å²) in [5, 5.41) is 1.09. The van der Waals surface area contributed by atoms with Crippen molar-refractivity contribution in [3.8, 4) is 0 Å². The number of fused-ring (bicyclic) bond motifs is 1. The second-order valence-corrected chi connectivity index (χ2v) is 4.91. The van der Waals surface area contributed by atoms with E-state index in [-0.39, 0.29) is 11.2 Å². The number of furan rings is 1. The monoisotopic (exact) mass is 216 g/mol. The highest BCUT2D eigenvalue weighted by Gasteiger charge is 2.26. The summed E-state index contributed by atoms with van der Waals surface area (Å²) in [6.07, 6.45) is 0.507. The number of Topliss-reactive ketones (excluding diaryl/α,β-unsaturated/α-hetero) is 1. The average Bonchev–Trinajstić information content (AvgIpc) is 2.59. The molecule has 0 saturated carbocycles. The second kappa shape index (κ2) is 3.78. The second-order valence-electron chi connectivity index (χ2n) is 4.91. The van der Waals surface area contributed by atoms with E-state index in [2.05, 4.69) is 0 Å². The molecule has 1 aromatic heterocycles. The highest BCUT2D eigenvalue weighted by atomic mass is 16.3. The SMILES string of the molecule is CC(=O)CC(C)(C)c1cc2ccccc2o1. The van der Waals surface area contributed by atoms with E-state index in [1.54, 1.807) is 6.92 Å². The molecule has 2 rings (SSSR count). The van der Waals surface area contributed by atoms with Crippen LogP contribution >= 0.6 is 0 Å². The molecular formula is C14H16O2. The summed E-state index contributed by atoms with van der Waals surface area (Å²) in [5.74, 6) is 1.06. The summed E-state index contributed by atoms with van der Waals surface area (Å²) in [6.45, 7) is 5.68. The van der Waals surface area contributed by atoms with Gasteiger partial charge in [-0.2, -0.15) is 0 Å². The van der Waals surface area contributed by atoms with E-state index in [4.69, 9.17) is 4.42 Å². The molecule has 1 heterocycles. The molecule has 0 unspecified atom stereocenters. The zero-order chi connectivity index (χ0) is 11.8. The Morgan fingerprint density at radius 3 is 2.62 bits per heavy atom. The first kappa shape index (κ1) is 10.9. The van der Waals surface area contributed by atoms with Gasteiger partial charge in [-0.15, -0.1) is 0 Å². The Balaban J connectivity index is 2.43. The number of rotatable bonds is 3. The van der Waals surface area contributed by atoms with Crippen molar-refractivity contribution in [2.75, 3.05) is 0 Å². The summed E-state index contributed by atoms with van der Waals surface area (Å²) in [5.41, 5.74) is 0.652. The molecule has 2 nitrogen and oxygen atoms in total. The van der Waals surface area contributed by atoms with Crippen LogP contribution in [0.5, 0.6) is 0 Å². The topological polar surface area (TPSA) is 30.2 Å². The van der Waals surface area contributed by atoms with E-state index in [1.165, 1.54) is 0 Å². The highest BCUT2D eigenvalue weighted by molar-refractivity contribution is 5.79. The van der Waals surface area contributed by atoms with Gasteiger partial charge < -0.3 is 4.42 Å². The van der Waals surface area contributed by atoms with E-state index in [0.29, 0.717) is 6.42 Å². The molecule has 0 saturated heterocycles. The van der Waals surface area contributed by atoms with Crippen LogP contribution in [0.15, 0.2) is 34.7 Å². The minimum Gasteiger partial charge on any atom is -0.460 e. The molecule has 0 bridgehead atoms. The van der Waals surface area contributed by atoms with Crippen molar-refractivity contribution >= 4 is 16.8 Å². The van der Waals surface area contributed by atoms with Gasteiger partial charge in [-0.1, -0.05) is 32.0 Å². The lowest BCUT2D eigenvalue weighted by atomic mass is 9.85. The van der Waals surface area contributed by atoms with Gasteiger partial charge >= 0.3 is 0 Å². The molecule has 0 aliphatic rings. The molecule has 2 aromatic rings. The third-order valence-corrected chi connectivity index (χ3v) is 2.78. The molecule has 0 spiro atoms. The Hall–Kier alpha value is -1.57. The molecule has 0 radical (unpaired) electrons. The number of benzene rings is 1. The quantitative estimate of drug-likeness (QED) is 0.783. The summed E-state index contributed by atoms with van der Waals surface area (Å²) in [6, 6.07) is 9.93. The smallest absolute Gasteiger partial charge is 0.134 e. The third kappa shape index (κ3) is 2.01. The normalized spacial score (nSPS) is 11.9. The molecule has 16 heavy (non-hydrogen) atoms. The first-order valence-electron chi connectivity index (χ1n) is 5.47. The maximum Gasteiger partial charge on any atom is 0.134 e. The lowest BCUT2D eigenvalue weighted by molar-refractivity contribution is -0.118. The number of carbonyl (C=O) groups excluding carboxylic acids is 1. The molecule has 84 valence electrons. The van der Waals surface area contributed by atoms with Crippen molar-refractivity contribution in [3.63, 3.8) is 0 Å². The van der Waals surface area contributed by atoms with Crippen LogP contribution in [0.4, 0.5) is 0 Å². The predicted octanol–water partition coefficient (Wildman–Crippen LogP) is 3.69. The third-order valence-electron chi connectivity index (χ3n) is 2.78. The Morgan fingerprint density at radius 2 is 2.00 bits per heavy atom. The fourth-order valence-electron chi connectivity index (χ4n) is 2.02. The van der Waals surface area contributed by atoms with Gasteiger partial charge in [-0.05, 0) is 19.1 Å². The van der Waals surface area contributed by atoms with Gasteiger partial charge in [0.05, 0.1) is 0 Å². The maximum absolute atomic E-state index is 11.2. The van der Waals surface area contributed by atoms with E-state index in [9.17, 15) is 4.79 Å². The van der Waals surface area contributed by atoms with Gasteiger partial charge in [-0.25, -0.2) is 0 Å². The van der Waals surface area contributed by atoms with Crippen LogP contribution in [0.2, 0.25) is 0 Å². The van der Waals surface area contributed by atoms with Crippen LogP contribution in [0, 0.1) is 0 Å². The zero-order valence-corrected chi connectivity index (χ0v) is 9.91. The minimum atomic E-state index is -0.231. The van der Waals surface area contributed by atoms with Crippen LogP contribution in [-0.4, -0.2) is 5.78 Å². The van der Waals surface area contributed by atoms with Crippen LogP contribution < -0.4 is 0 Å².